The summed E-state index contributed by atoms with van der Waals surface area (Å²) in [6.07, 6.45) is 3.46. The van der Waals surface area contributed by atoms with Crippen LogP contribution in [0, 0.1) is 9.39 Å². The number of aromatic nitrogens is 1. The Morgan fingerprint density at radius 3 is 2.88 bits per heavy atom. The number of likely N-dealkylation sites (tertiary alicyclic amines) is 1. The van der Waals surface area contributed by atoms with Gasteiger partial charge in [0, 0.05) is 27.7 Å². The van der Waals surface area contributed by atoms with E-state index in [2.05, 4.69) is 11.8 Å². The van der Waals surface area contributed by atoms with Crippen molar-refractivity contribution in [3.63, 3.8) is 0 Å². The average molecular weight is 444 g/mol. The van der Waals surface area contributed by atoms with Gasteiger partial charge in [0.2, 0.25) is 5.43 Å². The first-order valence-corrected chi connectivity index (χ1v) is 8.99. The van der Waals surface area contributed by atoms with Gasteiger partial charge in [0.05, 0.1) is 5.52 Å². The third kappa shape index (κ3) is 3.06. The van der Waals surface area contributed by atoms with Crippen LogP contribution in [0.15, 0.2) is 23.1 Å². The number of fused-ring (bicyclic) bond motifs is 1. The molecule has 0 bridgehead atoms. The van der Waals surface area contributed by atoms with Crippen LogP contribution in [-0.4, -0.2) is 39.7 Å². The van der Waals surface area contributed by atoms with Crippen molar-refractivity contribution in [3.05, 3.63) is 43.5 Å². The predicted molar refractivity (Wildman–Crippen MR) is 98.1 cm³/mol. The first kappa shape index (κ1) is 17.3. The fraction of sp³-hybridized carbons (Fsp3) is 0.412. The summed E-state index contributed by atoms with van der Waals surface area (Å²) in [5.74, 6) is -1.66. The van der Waals surface area contributed by atoms with Gasteiger partial charge >= 0.3 is 5.97 Å². The Morgan fingerprint density at radius 2 is 2.21 bits per heavy atom. The molecule has 0 aliphatic carbocycles. The third-order valence-corrected chi connectivity index (χ3v) is 5.49. The van der Waals surface area contributed by atoms with Gasteiger partial charge in [-0.2, -0.15) is 0 Å². The van der Waals surface area contributed by atoms with Crippen LogP contribution in [0.1, 0.15) is 30.1 Å². The summed E-state index contributed by atoms with van der Waals surface area (Å²) in [6, 6.07) is 3.03. The maximum Gasteiger partial charge on any atom is 0.341 e. The first-order valence-electron chi connectivity index (χ1n) is 7.92. The average Bonchev–Trinajstić information content (AvgIpc) is 2.98. The van der Waals surface area contributed by atoms with Crippen molar-refractivity contribution in [1.29, 1.82) is 0 Å². The maximum atomic E-state index is 14.0. The van der Waals surface area contributed by atoms with E-state index < -0.39 is 17.2 Å². The lowest BCUT2D eigenvalue weighted by Gasteiger charge is -2.25. The minimum Gasteiger partial charge on any atom is -0.477 e. The minimum atomic E-state index is -1.26. The van der Waals surface area contributed by atoms with Crippen molar-refractivity contribution in [3.8, 4) is 0 Å². The molecule has 2 heterocycles. The predicted octanol–water partition coefficient (Wildman–Crippen LogP) is 2.93. The van der Waals surface area contributed by atoms with Crippen LogP contribution in [0.3, 0.4) is 0 Å². The number of carbonyl (C=O) groups is 1. The van der Waals surface area contributed by atoms with Gasteiger partial charge < -0.3 is 9.67 Å². The molecule has 0 unspecified atom stereocenters. The van der Waals surface area contributed by atoms with Gasteiger partial charge in [-0.05, 0) is 60.7 Å². The standard InChI is InChI=1S/C17H18FIN2O3/c1-2-20-5-3-4-10(20)8-21-9-12(17(23)24)16(22)11-6-14(19)13(18)7-15(11)21/h6-7,9-10H,2-5,8H2,1H3,(H,23,24)/t10-/m0/s1. The number of aromatic carboxylic acids is 1. The second-order valence-corrected chi connectivity index (χ2v) is 7.20. The molecule has 1 aromatic carbocycles. The summed E-state index contributed by atoms with van der Waals surface area (Å²) in [7, 11) is 0. The summed E-state index contributed by atoms with van der Waals surface area (Å²) < 4.78 is 16.1. The lowest BCUT2D eigenvalue weighted by molar-refractivity contribution is 0.0694. The fourth-order valence-corrected chi connectivity index (χ4v) is 3.90. The number of likely N-dealkylation sites (N-methyl/N-ethyl adjacent to an activating group) is 1. The number of pyridine rings is 1. The number of halogens is 2. The first-order chi connectivity index (χ1) is 11.4. The van der Waals surface area contributed by atoms with Crippen LogP contribution >= 0.6 is 22.6 Å². The second kappa shape index (κ2) is 6.79. The summed E-state index contributed by atoms with van der Waals surface area (Å²) in [6.45, 7) is 4.57. The zero-order chi connectivity index (χ0) is 17.4. The Hall–Kier alpha value is -1.48. The van der Waals surface area contributed by atoms with E-state index in [1.807, 2.05) is 22.6 Å². The van der Waals surface area contributed by atoms with E-state index in [1.165, 1.54) is 18.3 Å². The SMILES string of the molecule is CCN1CCC[C@H]1Cn1cc(C(=O)O)c(=O)c2cc(I)c(F)cc21. The van der Waals surface area contributed by atoms with Crippen molar-refractivity contribution in [1.82, 2.24) is 9.47 Å². The van der Waals surface area contributed by atoms with Crippen molar-refractivity contribution in [2.24, 2.45) is 0 Å². The van der Waals surface area contributed by atoms with Crippen molar-refractivity contribution >= 4 is 39.5 Å². The minimum absolute atomic E-state index is 0.252. The molecule has 1 fully saturated rings. The molecule has 2 aromatic rings. The van der Waals surface area contributed by atoms with Crippen LogP contribution in [0.2, 0.25) is 0 Å². The van der Waals surface area contributed by atoms with E-state index in [0.29, 0.717) is 15.6 Å². The van der Waals surface area contributed by atoms with E-state index in [0.717, 1.165) is 25.9 Å². The highest BCUT2D eigenvalue weighted by molar-refractivity contribution is 14.1. The highest BCUT2D eigenvalue weighted by Gasteiger charge is 2.25. The highest BCUT2D eigenvalue weighted by atomic mass is 127. The quantitative estimate of drug-likeness (QED) is 0.737. The molecule has 3 rings (SSSR count). The largest absolute Gasteiger partial charge is 0.477 e. The molecule has 0 amide bonds. The highest BCUT2D eigenvalue weighted by Crippen LogP contribution is 2.23. The lowest BCUT2D eigenvalue weighted by atomic mass is 10.1. The molecule has 7 heteroatoms. The van der Waals surface area contributed by atoms with Crippen molar-refractivity contribution in [2.45, 2.75) is 32.4 Å². The van der Waals surface area contributed by atoms with E-state index in [-0.39, 0.29) is 17.0 Å². The second-order valence-electron chi connectivity index (χ2n) is 6.04. The Balaban J connectivity index is 2.18. The van der Waals surface area contributed by atoms with Gasteiger partial charge in [-0.15, -0.1) is 0 Å². The number of carboxylic acid groups (broad SMARTS) is 1. The summed E-state index contributed by atoms with van der Waals surface area (Å²) in [4.78, 5) is 26.2. The van der Waals surface area contributed by atoms with Crippen LogP contribution in [-0.2, 0) is 6.54 Å². The number of hydrogen-bond acceptors (Lipinski definition) is 3. The van der Waals surface area contributed by atoms with E-state index in [4.69, 9.17) is 0 Å². The molecular formula is C17H18FIN2O3. The van der Waals surface area contributed by atoms with Gasteiger partial charge in [-0.3, -0.25) is 9.69 Å². The van der Waals surface area contributed by atoms with Gasteiger partial charge in [-0.1, -0.05) is 6.92 Å². The topological polar surface area (TPSA) is 62.5 Å². The molecule has 1 N–H and O–H groups in total. The molecule has 0 spiro atoms. The fourth-order valence-electron chi connectivity index (χ4n) is 3.43. The monoisotopic (exact) mass is 444 g/mol. The Labute approximate surface area is 152 Å². The van der Waals surface area contributed by atoms with E-state index in [9.17, 15) is 19.1 Å². The maximum absolute atomic E-state index is 14.0. The summed E-state index contributed by atoms with van der Waals surface area (Å²) in [5.41, 5.74) is -0.387. The third-order valence-electron chi connectivity index (χ3n) is 4.67. The molecular weight excluding hydrogens is 426 g/mol. The molecule has 128 valence electrons. The molecule has 1 aliphatic rings. The van der Waals surface area contributed by atoms with Gasteiger partial charge in [-0.25, -0.2) is 9.18 Å². The van der Waals surface area contributed by atoms with Crippen LogP contribution < -0.4 is 5.43 Å². The smallest absolute Gasteiger partial charge is 0.341 e. The molecule has 24 heavy (non-hydrogen) atoms. The van der Waals surface area contributed by atoms with Gasteiger partial charge in [0.15, 0.2) is 0 Å². The zero-order valence-electron chi connectivity index (χ0n) is 13.3. The normalized spacial score (nSPS) is 18.4. The number of carboxylic acids is 1. The summed E-state index contributed by atoms with van der Waals surface area (Å²) in [5, 5.41) is 9.58. The van der Waals surface area contributed by atoms with E-state index >= 15 is 0 Å². The Kier molecular flexibility index (Phi) is 4.91. The Bertz CT molecular complexity index is 865. The Morgan fingerprint density at radius 1 is 1.46 bits per heavy atom. The van der Waals surface area contributed by atoms with Crippen LogP contribution in [0.5, 0.6) is 0 Å². The van der Waals surface area contributed by atoms with Crippen molar-refractivity contribution in [2.75, 3.05) is 13.1 Å². The number of nitrogens with zero attached hydrogens (tertiary/aromatic N) is 2. The molecule has 1 saturated heterocycles. The molecule has 1 atom stereocenters. The molecule has 5 nitrogen and oxygen atoms in total. The van der Waals surface area contributed by atoms with Gasteiger partial charge in [0.25, 0.3) is 0 Å². The molecule has 0 saturated carbocycles. The van der Waals surface area contributed by atoms with Crippen molar-refractivity contribution < 1.29 is 14.3 Å². The zero-order valence-corrected chi connectivity index (χ0v) is 15.4. The number of rotatable bonds is 4. The van der Waals surface area contributed by atoms with Gasteiger partial charge in [0.1, 0.15) is 11.4 Å². The van der Waals surface area contributed by atoms with Crippen LogP contribution in [0.25, 0.3) is 10.9 Å². The number of hydrogen-bond donors (Lipinski definition) is 1. The lowest BCUT2D eigenvalue weighted by Crippen LogP contribution is -2.33. The summed E-state index contributed by atoms with van der Waals surface area (Å²) >= 11 is 1.81. The number of benzene rings is 1. The molecule has 0 radical (unpaired) electrons. The molecule has 1 aromatic heterocycles. The van der Waals surface area contributed by atoms with Crippen LogP contribution in [0.4, 0.5) is 4.39 Å². The molecule has 1 aliphatic heterocycles. The van der Waals surface area contributed by atoms with E-state index in [1.54, 1.807) is 4.57 Å².